The average molecular weight is 357 g/mol. The molecule has 3 N–H and O–H groups in total. The van der Waals surface area contributed by atoms with E-state index in [1.54, 1.807) is 6.07 Å². The summed E-state index contributed by atoms with van der Waals surface area (Å²) in [6, 6.07) is 14.3. The summed E-state index contributed by atoms with van der Waals surface area (Å²) < 4.78 is 5.61. The number of aliphatic hydroxyl groups excluding tert-OH is 1. The second-order valence-corrected chi connectivity index (χ2v) is 6.26. The van der Waals surface area contributed by atoms with Crippen molar-refractivity contribution >= 4 is 5.78 Å². The topological polar surface area (TPSA) is 78.8 Å². The van der Waals surface area contributed by atoms with Gasteiger partial charge in [0.05, 0.1) is 5.56 Å². The lowest BCUT2D eigenvalue weighted by atomic mass is 10.0. The van der Waals surface area contributed by atoms with Crippen LogP contribution in [0.1, 0.15) is 35.7 Å². The van der Waals surface area contributed by atoms with Crippen molar-refractivity contribution in [1.82, 2.24) is 5.32 Å². The molecule has 0 aliphatic rings. The maximum absolute atomic E-state index is 12.6. The highest BCUT2D eigenvalue weighted by atomic mass is 16.5. The summed E-state index contributed by atoms with van der Waals surface area (Å²) in [5.41, 5.74) is 1.52. The molecule has 0 bridgehead atoms. The first-order valence-electron chi connectivity index (χ1n) is 9.02. The Morgan fingerprint density at radius 2 is 1.96 bits per heavy atom. The zero-order valence-electron chi connectivity index (χ0n) is 15.1. The molecule has 0 saturated carbocycles. The van der Waals surface area contributed by atoms with Gasteiger partial charge in [0.1, 0.15) is 24.2 Å². The SMILES string of the molecule is CCCNC[C@@H](O)COc1cc(O)ccc1C(=O)CCc1ccccc1. The number of ketones is 1. The predicted molar refractivity (Wildman–Crippen MR) is 102 cm³/mol. The van der Waals surface area contributed by atoms with Crippen LogP contribution in [-0.4, -0.2) is 41.8 Å². The number of hydrogen-bond acceptors (Lipinski definition) is 5. The Hall–Kier alpha value is -2.37. The lowest BCUT2D eigenvalue weighted by molar-refractivity contribution is 0.0950. The van der Waals surface area contributed by atoms with Gasteiger partial charge in [-0.15, -0.1) is 0 Å². The van der Waals surface area contributed by atoms with Gasteiger partial charge >= 0.3 is 0 Å². The number of Topliss-reactive ketones (excluding diaryl/α,β-unsaturated/α-hetero) is 1. The highest BCUT2D eigenvalue weighted by molar-refractivity contribution is 5.99. The molecule has 0 aliphatic heterocycles. The third-order valence-electron chi connectivity index (χ3n) is 3.99. The summed E-state index contributed by atoms with van der Waals surface area (Å²) in [5, 5.41) is 22.8. The van der Waals surface area contributed by atoms with Gasteiger partial charge in [0.15, 0.2) is 5.78 Å². The third-order valence-corrected chi connectivity index (χ3v) is 3.99. The van der Waals surface area contributed by atoms with Gasteiger partial charge in [0.25, 0.3) is 0 Å². The first-order valence-corrected chi connectivity index (χ1v) is 9.02. The van der Waals surface area contributed by atoms with Crippen LogP contribution in [0.5, 0.6) is 11.5 Å². The first-order chi connectivity index (χ1) is 12.6. The quantitative estimate of drug-likeness (QED) is 0.426. The molecule has 1 atom stereocenters. The molecule has 0 aliphatic carbocycles. The summed E-state index contributed by atoms with van der Waals surface area (Å²) in [5.74, 6) is 0.276. The van der Waals surface area contributed by atoms with E-state index in [-0.39, 0.29) is 18.1 Å². The number of phenolic OH excluding ortho intramolecular Hbond substituents is 1. The molecule has 0 fully saturated rings. The minimum absolute atomic E-state index is 0.0261. The molecule has 0 saturated heterocycles. The van der Waals surface area contributed by atoms with Crippen molar-refractivity contribution in [3.8, 4) is 11.5 Å². The van der Waals surface area contributed by atoms with Crippen molar-refractivity contribution < 1.29 is 19.7 Å². The fourth-order valence-electron chi connectivity index (χ4n) is 2.59. The van der Waals surface area contributed by atoms with Crippen LogP contribution >= 0.6 is 0 Å². The Balaban J connectivity index is 1.96. The van der Waals surface area contributed by atoms with E-state index in [2.05, 4.69) is 12.2 Å². The minimum Gasteiger partial charge on any atom is -0.508 e. The molecule has 0 radical (unpaired) electrons. The zero-order chi connectivity index (χ0) is 18.8. The van der Waals surface area contributed by atoms with E-state index in [9.17, 15) is 15.0 Å². The van der Waals surface area contributed by atoms with Gasteiger partial charge in [-0.2, -0.15) is 0 Å². The lowest BCUT2D eigenvalue weighted by Gasteiger charge is -2.15. The third kappa shape index (κ3) is 6.50. The van der Waals surface area contributed by atoms with Gasteiger partial charge in [0, 0.05) is 19.0 Å². The summed E-state index contributed by atoms with van der Waals surface area (Å²) in [4.78, 5) is 12.6. The molecular formula is C21H27NO4. The molecule has 0 heterocycles. The molecule has 0 unspecified atom stereocenters. The van der Waals surface area contributed by atoms with Crippen LogP contribution < -0.4 is 10.1 Å². The standard InChI is InChI=1S/C21H27NO4/c1-2-12-22-14-18(24)15-26-21-13-17(23)9-10-19(21)20(25)11-8-16-6-4-3-5-7-16/h3-7,9-10,13,18,22-24H,2,8,11-12,14-15H2,1H3/t18-/m1/s1. The number of ether oxygens (including phenoxy) is 1. The second-order valence-electron chi connectivity index (χ2n) is 6.26. The van der Waals surface area contributed by atoms with E-state index in [1.807, 2.05) is 30.3 Å². The van der Waals surface area contributed by atoms with E-state index >= 15 is 0 Å². The lowest BCUT2D eigenvalue weighted by Crippen LogP contribution is -2.32. The Bertz CT molecular complexity index is 688. The molecule has 0 amide bonds. The first kappa shape index (κ1) is 19.9. The number of aromatic hydroxyl groups is 1. The van der Waals surface area contributed by atoms with E-state index in [4.69, 9.17) is 4.74 Å². The Labute approximate surface area is 154 Å². The molecule has 2 aromatic carbocycles. The predicted octanol–water partition coefficient (Wildman–Crippen LogP) is 2.95. The molecule has 2 aromatic rings. The highest BCUT2D eigenvalue weighted by Crippen LogP contribution is 2.26. The van der Waals surface area contributed by atoms with Crippen LogP contribution in [0.15, 0.2) is 48.5 Å². The van der Waals surface area contributed by atoms with Crippen molar-refractivity contribution in [2.75, 3.05) is 19.7 Å². The van der Waals surface area contributed by atoms with Crippen molar-refractivity contribution in [3.63, 3.8) is 0 Å². The van der Waals surface area contributed by atoms with Crippen LogP contribution in [0.4, 0.5) is 0 Å². The van der Waals surface area contributed by atoms with Gasteiger partial charge in [-0.05, 0) is 37.1 Å². The summed E-state index contributed by atoms with van der Waals surface area (Å²) in [6.07, 6.45) is 1.30. The van der Waals surface area contributed by atoms with Gasteiger partial charge in [-0.3, -0.25) is 4.79 Å². The highest BCUT2D eigenvalue weighted by Gasteiger charge is 2.15. The normalized spacial score (nSPS) is 11.9. The molecule has 5 heteroatoms. The number of aliphatic hydroxyl groups is 1. The summed E-state index contributed by atoms with van der Waals surface area (Å²) in [7, 11) is 0. The van der Waals surface area contributed by atoms with Crippen LogP contribution in [0.2, 0.25) is 0 Å². The van der Waals surface area contributed by atoms with Crippen molar-refractivity contribution in [1.29, 1.82) is 0 Å². The second kappa shape index (κ2) is 10.6. The van der Waals surface area contributed by atoms with E-state index in [0.29, 0.717) is 30.7 Å². The molecular weight excluding hydrogens is 330 g/mol. The maximum Gasteiger partial charge on any atom is 0.166 e. The molecule has 0 aromatic heterocycles. The molecule has 26 heavy (non-hydrogen) atoms. The molecule has 2 rings (SSSR count). The number of aryl methyl sites for hydroxylation is 1. The number of nitrogens with one attached hydrogen (secondary N) is 1. The fourth-order valence-corrected chi connectivity index (χ4v) is 2.59. The number of carbonyl (C=O) groups excluding carboxylic acids is 1. The van der Waals surface area contributed by atoms with Gasteiger partial charge < -0.3 is 20.3 Å². The number of rotatable bonds is 11. The molecule has 5 nitrogen and oxygen atoms in total. The minimum atomic E-state index is -0.684. The van der Waals surface area contributed by atoms with E-state index in [1.165, 1.54) is 12.1 Å². The smallest absolute Gasteiger partial charge is 0.166 e. The fraction of sp³-hybridized carbons (Fsp3) is 0.381. The van der Waals surface area contributed by atoms with E-state index in [0.717, 1.165) is 18.5 Å². The van der Waals surface area contributed by atoms with Crippen molar-refractivity contribution in [2.24, 2.45) is 0 Å². The number of carbonyl (C=O) groups is 1. The average Bonchev–Trinajstić information content (AvgIpc) is 2.65. The molecule has 140 valence electrons. The Kier molecular flexibility index (Phi) is 8.12. The van der Waals surface area contributed by atoms with Crippen molar-refractivity contribution in [3.05, 3.63) is 59.7 Å². The zero-order valence-corrected chi connectivity index (χ0v) is 15.1. The van der Waals surface area contributed by atoms with E-state index < -0.39 is 6.10 Å². The summed E-state index contributed by atoms with van der Waals surface area (Å²) in [6.45, 7) is 3.35. The van der Waals surface area contributed by atoms with Gasteiger partial charge in [-0.1, -0.05) is 37.3 Å². The van der Waals surface area contributed by atoms with Crippen LogP contribution in [0, 0.1) is 0 Å². The Morgan fingerprint density at radius 3 is 2.69 bits per heavy atom. The number of benzene rings is 2. The summed E-state index contributed by atoms with van der Waals surface area (Å²) >= 11 is 0. The van der Waals surface area contributed by atoms with Crippen LogP contribution in [0.25, 0.3) is 0 Å². The van der Waals surface area contributed by atoms with Gasteiger partial charge in [-0.25, -0.2) is 0 Å². The Morgan fingerprint density at radius 1 is 1.19 bits per heavy atom. The number of phenols is 1. The molecule has 0 spiro atoms. The van der Waals surface area contributed by atoms with Crippen molar-refractivity contribution in [2.45, 2.75) is 32.3 Å². The number of hydrogen-bond donors (Lipinski definition) is 3. The largest absolute Gasteiger partial charge is 0.508 e. The van der Waals surface area contributed by atoms with Crippen LogP contribution in [0.3, 0.4) is 0 Å². The van der Waals surface area contributed by atoms with Crippen LogP contribution in [-0.2, 0) is 6.42 Å². The maximum atomic E-state index is 12.6. The van der Waals surface area contributed by atoms with Gasteiger partial charge in [0.2, 0.25) is 0 Å². The monoisotopic (exact) mass is 357 g/mol.